The van der Waals surface area contributed by atoms with Crippen LogP contribution in [-0.4, -0.2) is 29.2 Å². The first kappa shape index (κ1) is 18.0. The molecule has 0 aliphatic heterocycles. The first-order valence-electron chi connectivity index (χ1n) is 8.46. The van der Waals surface area contributed by atoms with Crippen molar-refractivity contribution in [3.05, 3.63) is 46.6 Å². The Kier molecular flexibility index (Phi) is 6.78. The Morgan fingerprint density at radius 3 is 2.71 bits per heavy atom. The van der Waals surface area contributed by atoms with Crippen LogP contribution in [0.5, 0.6) is 0 Å². The second kappa shape index (κ2) is 9.05. The first-order chi connectivity index (χ1) is 11.6. The first-order valence-corrected chi connectivity index (χ1v) is 8.46. The van der Waals surface area contributed by atoms with E-state index in [-0.39, 0.29) is 0 Å². The van der Waals surface area contributed by atoms with Gasteiger partial charge < -0.3 is 15.2 Å². The molecule has 0 aliphatic rings. The zero-order valence-corrected chi connectivity index (χ0v) is 15.0. The molecular formula is C18H27N5O. The molecule has 2 rings (SSSR count). The van der Waals surface area contributed by atoms with Gasteiger partial charge in [0, 0.05) is 19.5 Å². The Morgan fingerprint density at radius 2 is 2.04 bits per heavy atom. The number of guanidine groups is 1. The number of benzene rings is 1. The van der Waals surface area contributed by atoms with Gasteiger partial charge in [0.2, 0.25) is 5.89 Å². The highest BCUT2D eigenvalue weighted by molar-refractivity contribution is 5.79. The van der Waals surface area contributed by atoms with Crippen molar-refractivity contribution in [2.75, 3.05) is 13.1 Å². The number of hydrogen-bond acceptors (Lipinski definition) is 4. The molecule has 0 atom stereocenters. The number of hydrogen-bond donors (Lipinski definition) is 2. The summed E-state index contributed by atoms with van der Waals surface area (Å²) in [4.78, 5) is 8.87. The minimum absolute atomic E-state index is 0.671. The van der Waals surface area contributed by atoms with Gasteiger partial charge in [0.05, 0.1) is 6.54 Å². The third kappa shape index (κ3) is 5.68. The summed E-state index contributed by atoms with van der Waals surface area (Å²) in [6, 6.07) is 6.47. The van der Waals surface area contributed by atoms with E-state index < -0.39 is 0 Å². The molecule has 1 aromatic heterocycles. The van der Waals surface area contributed by atoms with Gasteiger partial charge in [-0.25, -0.2) is 4.99 Å². The van der Waals surface area contributed by atoms with E-state index in [0.717, 1.165) is 31.9 Å². The summed E-state index contributed by atoms with van der Waals surface area (Å²) < 4.78 is 5.11. The number of nitrogens with zero attached hydrogens (tertiary/aromatic N) is 3. The van der Waals surface area contributed by atoms with E-state index in [1.54, 1.807) is 0 Å². The van der Waals surface area contributed by atoms with Gasteiger partial charge in [0.25, 0.3) is 0 Å². The van der Waals surface area contributed by atoms with Crippen molar-refractivity contribution in [1.29, 1.82) is 0 Å². The zero-order chi connectivity index (χ0) is 17.4. The van der Waals surface area contributed by atoms with Gasteiger partial charge in [-0.05, 0) is 45.2 Å². The molecule has 1 aromatic carbocycles. The second-order valence-electron chi connectivity index (χ2n) is 5.89. The lowest BCUT2D eigenvalue weighted by Gasteiger charge is -2.11. The van der Waals surface area contributed by atoms with Crippen LogP contribution in [0.3, 0.4) is 0 Å². The highest BCUT2D eigenvalue weighted by Gasteiger charge is 2.03. The number of nitrogens with one attached hydrogen (secondary N) is 2. The van der Waals surface area contributed by atoms with Crippen LogP contribution in [0.4, 0.5) is 0 Å². The number of rotatable bonds is 7. The van der Waals surface area contributed by atoms with E-state index in [1.165, 1.54) is 16.7 Å². The van der Waals surface area contributed by atoms with Gasteiger partial charge in [-0.3, -0.25) is 0 Å². The maximum absolute atomic E-state index is 5.11. The summed E-state index contributed by atoms with van der Waals surface area (Å²) in [7, 11) is 0. The van der Waals surface area contributed by atoms with Crippen molar-refractivity contribution in [2.24, 2.45) is 4.99 Å². The smallest absolute Gasteiger partial charge is 0.226 e. The van der Waals surface area contributed by atoms with Gasteiger partial charge in [-0.15, -0.1) is 0 Å². The summed E-state index contributed by atoms with van der Waals surface area (Å²) in [6.45, 7) is 10.4. The molecule has 0 spiro atoms. The van der Waals surface area contributed by atoms with Crippen molar-refractivity contribution in [1.82, 2.24) is 20.8 Å². The van der Waals surface area contributed by atoms with Crippen molar-refractivity contribution >= 4 is 5.96 Å². The van der Waals surface area contributed by atoms with Gasteiger partial charge in [-0.1, -0.05) is 28.9 Å². The monoisotopic (exact) mass is 329 g/mol. The van der Waals surface area contributed by atoms with Gasteiger partial charge in [0.1, 0.15) is 0 Å². The van der Waals surface area contributed by atoms with Crippen LogP contribution in [0.15, 0.2) is 27.7 Å². The maximum Gasteiger partial charge on any atom is 0.226 e. The molecule has 0 saturated carbocycles. The summed E-state index contributed by atoms with van der Waals surface area (Å²) in [5.41, 5.74) is 3.81. The van der Waals surface area contributed by atoms with Crippen molar-refractivity contribution in [3.63, 3.8) is 0 Å². The molecule has 0 aliphatic carbocycles. The predicted molar refractivity (Wildman–Crippen MR) is 96.1 cm³/mol. The fourth-order valence-corrected chi connectivity index (χ4v) is 2.42. The fraction of sp³-hybridized carbons (Fsp3) is 0.500. The van der Waals surface area contributed by atoms with Crippen LogP contribution >= 0.6 is 0 Å². The fourth-order valence-electron chi connectivity index (χ4n) is 2.42. The number of aliphatic imine (C=N–C) groups is 1. The molecule has 6 heteroatoms. The molecule has 0 radical (unpaired) electrons. The summed E-state index contributed by atoms with van der Waals surface area (Å²) >= 11 is 0. The number of aromatic nitrogens is 2. The van der Waals surface area contributed by atoms with E-state index in [4.69, 9.17) is 4.52 Å². The molecule has 24 heavy (non-hydrogen) atoms. The largest absolute Gasteiger partial charge is 0.357 e. The molecule has 0 fully saturated rings. The molecule has 6 nitrogen and oxygen atoms in total. The SMILES string of the molecule is CCNC(=NCc1ccc(C)cc1C)NCCCc1nc(C)no1. The second-order valence-corrected chi connectivity index (χ2v) is 5.89. The highest BCUT2D eigenvalue weighted by Crippen LogP contribution is 2.11. The van der Waals surface area contributed by atoms with E-state index in [1.807, 2.05) is 6.92 Å². The third-order valence-corrected chi connectivity index (χ3v) is 3.68. The van der Waals surface area contributed by atoms with Gasteiger partial charge >= 0.3 is 0 Å². The molecule has 2 N–H and O–H groups in total. The van der Waals surface area contributed by atoms with Crippen LogP contribution in [-0.2, 0) is 13.0 Å². The minimum Gasteiger partial charge on any atom is -0.357 e. The topological polar surface area (TPSA) is 75.3 Å². The molecule has 130 valence electrons. The molecule has 1 heterocycles. The Morgan fingerprint density at radius 1 is 1.21 bits per heavy atom. The van der Waals surface area contributed by atoms with Crippen molar-refractivity contribution in [3.8, 4) is 0 Å². The molecule has 0 saturated heterocycles. The molecular weight excluding hydrogens is 302 g/mol. The van der Waals surface area contributed by atoms with E-state index >= 15 is 0 Å². The Balaban J connectivity index is 1.83. The quantitative estimate of drug-likeness (QED) is 0.464. The van der Waals surface area contributed by atoms with Gasteiger partial charge in [0.15, 0.2) is 11.8 Å². The van der Waals surface area contributed by atoms with E-state index in [9.17, 15) is 0 Å². The maximum atomic E-state index is 5.11. The van der Waals surface area contributed by atoms with Crippen LogP contribution in [0.1, 0.15) is 41.8 Å². The van der Waals surface area contributed by atoms with Gasteiger partial charge in [-0.2, -0.15) is 4.98 Å². The zero-order valence-electron chi connectivity index (χ0n) is 15.0. The Bertz CT molecular complexity index is 678. The Hall–Kier alpha value is -2.37. The van der Waals surface area contributed by atoms with Crippen LogP contribution in [0.25, 0.3) is 0 Å². The lowest BCUT2D eigenvalue weighted by atomic mass is 10.1. The van der Waals surface area contributed by atoms with E-state index in [0.29, 0.717) is 18.3 Å². The average Bonchev–Trinajstić information content (AvgIpc) is 2.96. The minimum atomic E-state index is 0.671. The summed E-state index contributed by atoms with van der Waals surface area (Å²) in [5, 5.41) is 10.4. The van der Waals surface area contributed by atoms with Crippen LogP contribution in [0, 0.1) is 20.8 Å². The lowest BCUT2D eigenvalue weighted by molar-refractivity contribution is 0.372. The third-order valence-electron chi connectivity index (χ3n) is 3.68. The van der Waals surface area contributed by atoms with Crippen molar-refractivity contribution in [2.45, 2.75) is 47.1 Å². The van der Waals surface area contributed by atoms with Crippen LogP contribution in [0.2, 0.25) is 0 Å². The molecule has 2 aromatic rings. The molecule has 0 bridgehead atoms. The normalized spacial score (nSPS) is 11.6. The Labute approximate surface area is 143 Å². The highest BCUT2D eigenvalue weighted by atomic mass is 16.5. The van der Waals surface area contributed by atoms with Crippen LogP contribution < -0.4 is 10.6 Å². The average molecular weight is 329 g/mol. The summed E-state index contributed by atoms with van der Waals surface area (Å²) in [5.74, 6) is 2.20. The predicted octanol–water partition coefficient (Wildman–Crippen LogP) is 2.68. The standard InChI is InChI=1S/C18H27N5O/c1-5-19-18(20-10-6-7-17-22-15(4)23-24-17)21-12-16-9-8-13(2)11-14(16)3/h8-9,11H,5-7,10,12H2,1-4H3,(H2,19,20,21). The number of aryl methyl sites for hydroxylation is 4. The summed E-state index contributed by atoms with van der Waals surface area (Å²) in [6.07, 6.45) is 1.68. The lowest BCUT2D eigenvalue weighted by Crippen LogP contribution is -2.37. The van der Waals surface area contributed by atoms with E-state index in [2.05, 4.69) is 64.7 Å². The molecule has 0 amide bonds. The molecule has 0 unspecified atom stereocenters. The van der Waals surface area contributed by atoms with Crippen molar-refractivity contribution < 1.29 is 4.52 Å².